The Morgan fingerprint density at radius 2 is 2.08 bits per heavy atom. The van der Waals surface area contributed by atoms with Gasteiger partial charge in [-0.1, -0.05) is 0 Å². The third-order valence-corrected chi connectivity index (χ3v) is 1.04. The van der Waals surface area contributed by atoms with E-state index in [1.54, 1.807) is 0 Å². The summed E-state index contributed by atoms with van der Waals surface area (Å²) in [5, 5.41) is 18.7. The van der Waals surface area contributed by atoms with Gasteiger partial charge in [0.05, 0.1) is 12.6 Å². The van der Waals surface area contributed by atoms with Crippen molar-refractivity contribution in [3.05, 3.63) is 0 Å². The maximum atomic E-state index is 10.3. The van der Waals surface area contributed by atoms with Crippen molar-refractivity contribution in [1.82, 2.24) is 5.23 Å². The lowest BCUT2D eigenvalue weighted by molar-refractivity contribution is -0.145. The van der Waals surface area contributed by atoms with E-state index in [2.05, 4.69) is 5.23 Å². The standard InChI is InChI=1S/C5H7BNO5/c8-2-6-7-3(5(11)12)1-4(9)10/h2-3,7H,1H2,(H,9,10)(H,11,12). The smallest absolute Gasteiger partial charge is 0.320 e. The summed E-state index contributed by atoms with van der Waals surface area (Å²) in [6.45, 7) is 0. The van der Waals surface area contributed by atoms with E-state index in [0.29, 0.717) is 6.19 Å². The van der Waals surface area contributed by atoms with Crippen molar-refractivity contribution in [1.29, 1.82) is 0 Å². The molecule has 7 heteroatoms. The Morgan fingerprint density at radius 1 is 1.50 bits per heavy atom. The van der Waals surface area contributed by atoms with Gasteiger partial charge in [0, 0.05) is 0 Å². The zero-order chi connectivity index (χ0) is 9.56. The second-order valence-electron chi connectivity index (χ2n) is 1.96. The number of carboxylic acid groups (broad SMARTS) is 2. The summed E-state index contributed by atoms with van der Waals surface area (Å²) in [5.41, 5.74) is 0. The maximum absolute atomic E-state index is 10.3. The fourth-order valence-electron chi connectivity index (χ4n) is 0.548. The topological polar surface area (TPSA) is 104 Å². The number of carbonyl (C=O) groups is 3. The quantitative estimate of drug-likeness (QED) is 0.326. The second kappa shape index (κ2) is 5.31. The Bertz CT molecular complexity index is 194. The van der Waals surface area contributed by atoms with Crippen LogP contribution in [0.5, 0.6) is 0 Å². The lowest BCUT2D eigenvalue weighted by atomic mass is 9.96. The van der Waals surface area contributed by atoms with E-state index in [1.807, 2.05) is 0 Å². The SMILES string of the molecule is O=C[B]NC(CC(=O)O)C(=O)O. The molecule has 6 nitrogen and oxygen atoms in total. The van der Waals surface area contributed by atoms with E-state index in [9.17, 15) is 14.4 Å². The van der Waals surface area contributed by atoms with E-state index in [-0.39, 0.29) is 0 Å². The molecule has 0 fully saturated rings. The van der Waals surface area contributed by atoms with Crippen LogP contribution < -0.4 is 5.23 Å². The molecule has 3 N–H and O–H groups in total. The van der Waals surface area contributed by atoms with Crippen molar-refractivity contribution in [3.8, 4) is 0 Å². The fourth-order valence-corrected chi connectivity index (χ4v) is 0.548. The molecular formula is C5H7BNO5. The number of aliphatic carboxylic acids is 2. The van der Waals surface area contributed by atoms with Gasteiger partial charge in [-0.25, -0.2) is 0 Å². The van der Waals surface area contributed by atoms with E-state index < -0.39 is 24.4 Å². The van der Waals surface area contributed by atoms with Gasteiger partial charge in [0.25, 0.3) is 7.41 Å². The molecule has 0 saturated heterocycles. The summed E-state index contributed by atoms with van der Waals surface area (Å²) < 4.78 is 0. The Balaban J connectivity index is 3.94. The molecule has 1 atom stereocenters. The first-order valence-corrected chi connectivity index (χ1v) is 3.05. The molecule has 1 unspecified atom stereocenters. The highest BCUT2D eigenvalue weighted by Gasteiger charge is 2.19. The average molecular weight is 172 g/mol. The molecule has 0 aliphatic rings. The molecule has 0 aliphatic carbocycles. The molecule has 12 heavy (non-hydrogen) atoms. The molecule has 0 aromatic rings. The average Bonchev–Trinajstić information content (AvgIpc) is 1.96. The molecule has 0 amide bonds. The third-order valence-electron chi connectivity index (χ3n) is 1.04. The van der Waals surface area contributed by atoms with Crippen LogP contribution in [0.2, 0.25) is 0 Å². The molecule has 0 heterocycles. The van der Waals surface area contributed by atoms with Gasteiger partial charge >= 0.3 is 11.9 Å². The third kappa shape index (κ3) is 4.45. The summed E-state index contributed by atoms with van der Waals surface area (Å²) in [6, 6.07) is -1.26. The zero-order valence-corrected chi connectivity index (χ0v) is 6.06. The summed E-state index contributed by atoms with van der Waals surface area (Å²) >= 11 is 0. The normalized spacial score (nSPS) is 11.7. The highest BCUT2D eigenvalue weighted by molar-refractivity contribution is 6.64. The molecule has 0 rings (SSSR count). The van der Waals surface area contributed by atoms with Crippen LogP contribution in [0.15, 0.2) is 0 Å². The van der Waals surface area contributed by atoms with E-state index >= 15 is 0 Å². The number of carbonyl (C=O) groups excluding carboxylic acids is 1. The van der Waals surface area contributed by atoms with Crippen LogP contribution in [0.25, 0.3) is 0 Å². The number of hydrogen-bond acceptors (Lipinski definition) is 4. The Kier molecular flexibility index (Phi) is 4.70. The largest absolute Gasteiger partial charge is 0.481 e. The predicted octanol–water partition coefficient (Wildman–Crippen LogP) is -1.69. The Labute approximate surface area is 68.8 Å². The van der Waals surface area contributed by atoms with Crippen LogP contribution in [-0.4, -0.2) is 41.8 Å². The van der Waals surface area contributed by atoms with Gasteiger partial charge in [-0.3, -0.25) is 9.59 Å². The highest BCUT2D eigenvalue weighted by atomic mass is 16.4. The van der Waals surface area contributed by atoms with E-state index in [0.717, 1.165) is 7.41 Å². The maximum Gasteiger partial charge on any atom is 0.320 e. The van der Waals surface area contributed by atoms with E-state index in [1.165, 1.54) is 0 Å². The first-order valence-electron chi connectivity index (χ1n) is 3.05. The minimum Gasteiger partial charge on any atom is -0.481 e. The number of rotatable bonds is 6. The Morgan fingerprint density at radius 3 is 2.42 bits per heavy atom. The van der Waals surface area contributed by atoms with Crippen molar-refractivity contribution >= 4 is 25.5 Å². The molecule has 0 aromatic heterocycles. The lowest BCUT2D eigenvalue weighted by Crippen LogP contribution is -2.41. The van der Waals surface area contributed by atoms with Crippen LogP contribution >= 0.6 is 0 Å². The molecule has 0 spiro atoms. The van der Waals surface area contributed by atoms with Gasteiger partial charge in [-0.15, -0.1) is 0 Å². The number of hydrogen-bond donors (Lipinski definition) is 3. The molecule has 0 aromatic carbocycles. The van der Waals surface area contributed by atoms with Gasteiger partial charge in [-0.2, -0.15) is 0 Å². The molecule has 65 valence electrons. The van der Waals surface area contributed by atoms with E-state index in [4.69, 9.17) is 10.2 Å². The summed E-state index contributed by atoms with van der Waals surface area (Å²) in [7, 11) is 0.849. The van der Waals surface area contributed by atoms with Crippen LogP contribution in [0.1, 0.15) is 6.42 Å². The van der Waals surface area contributed by atoms with Gasteiger partial charge in [0.1, 0.15) is 6.04 Å². The summed E-state index contributed by atoms with van der Waals surface area (Å²) in [5.74, 6) is -2.55. The Hall–Kier alpha value is -1.37. The second-order valence-corrected chi connectivity index (χ2v) is 1.96. The minimum atomic E-state index is -1.31. The summed E-state index contributed by atoms with van der Waals surface area (Å²) in [6.07, 6.45) is -0.225. The minimum absolute atomic E-state index is 0.345. The van der Waals surface area contributed by atoms with Crippen molar-refractivity contribution < 1.29 is 24.6 Å². The van der Waals surface area contributed by atoms with Gasteiger partial charge in [0.15, 0.2) is 0 Å². The number of carboxylic acids is 2. The molecule has 1 radical (unpaired) electrons. The molecule has 0 saturated carbocycles. The first-order chi connectivity index (χ1) is 5.57. The lowest BCUT2D eigenvalue weighted by Gasteiger charge is -2.08. The van der Waals surface area contributed by atoms with Crippen molar-refractivity contribution in [2.75, 3.05) is 0 Å². The predicted molar refractivity (Wildman–Crippen MR) is 39.3 cm³/mol. The number of nitrogens with one attached hydrogen (secondary N) is 1. The van der Waals surface area contributed by atoms with Crippen LogP contribution in [0.3, 0.4) is 0 Å². The van der Waals surface area contributed by atoms with Crippen LogP contribution in [0.4, 0.5) is 0 Å². The van der Waals surface area contributed by atoms with Gasteiger partial charge in [-0.05, 0) is 0 Å². The van der Waals surface area contributed by atoms with Crippen molar-refractivity contribution in [3.63, 3.8) is 0 Å². The highest BCUT2D eigenvalue weighted by Crippen LogP contribution is 1.90. The molecule has 0 bridgehead atoms. The first kappa shape index (κ1) is 10.6. The van der Waals surface area contributed by atoms with Gasteiger partial charge in [0.2, 0.25) is 0 Å². The van der Waals surface area contributed by atoms with Crippen LogP contribution in [-0.2, 0) is 14.4 Å². The van der Waals surface area contributed by atoms with Crippen LogP contribution in [0, 0.1) is 0 Å². The van der Waals surface area contributed by atoms with Crippen molar-refractivity contribution in [2.45, 2.75) is 12.5 Å². The molecule has 0 aliphatic heterocycles. The fraction of sp³-hybridized carbons (Fsp3) is 0.400. The van der Waals surface area contributed by atoms with Gasteiger partial charge < -0.3 is 20.2 Å². The monoisotopic (exact) mass is 172 g/mol. The van der Waals surface area contributed by atoms with Crippen molar-refractivity contribution in [2.24, 2.45) is 0 Å². The summed E-state index contributed by atoms with van der Waals surface area (Å²) in [4.78, 5) is 30.1. The molecular weight excluding hydrogens is 165 g/mol. The zero-order valence-electron chi connectivity index (χ0n) is 6.06.